The van der Waals surface area contributed by atoms with Crippen LogP contribution in [-0.4, -0.2) is 18.0 Å². The highest BCUT2D eigenvalue weighted by atomic mass is 32.1. The average molecular weight is 382 g/mol. The maximum absolute atomic E-state index is 13.6. The van der Waals surface area contributed by atoms with Crippen LogP contribution in [0.4, 0.5) is 9.52 Å². The number of thiazole rings is 1. The number of rotatable bonds is 5. The monoisotopic (exact) mass is 382 g/mol. The van der Waals surface area contributed by atoms with Crippen LogP contribution in [0.3, 0.4) is 0 Å². The summed E-state index contributed by atoms with van der Waals surface area (Å²) in [5.74, 6) is 0.481. The van der Waals surface area contributed by atoms with E-state index in [-0.39, 0.29) is 18.0 Å². The molecule has 0 fully saturated rings. The number of nitrogens with zero attached hydrogens (tertiary/aromatic N) is 2. The lowest BCUT2D eigenvalue weighted by Crippen LogP contribution is -2.30. The van der Waals surface area contributed by atoms with Crippen LogP contribution in [-0.2, 0) is 6.54 Å². The number of methoxy groups -OCH3 is 1. The number of furan rings is 1. The molecule has 0 unspecified atom stereocenters. The second-order valence-corrected chi connectivity index (χ2v) is 6.82. The molecule has 0 saturated heterocycles. The highest BCUT2D eigenvalue weighted by Crippen LogP contribution is 2.32. The summed E-state index contributed by atoms with van der Waals surface area (Å²) in [4.78, 5) is 19.2. The molecule has 4 rings (SSSR count). The van der Waals surface area contributed by atoms with Crippen molar-refractivity contribution in [1.29, 1.82) is 0 Å². The molecule has 0 spiro atoms. The number of carbonyl (C=O) groups is 1. The summed E-state index contributed by atoms with van der Waals surface area (Å²) in [5.41, 5.74) is 0.976. The molecule has 27 heavy (non-hydrogen) atoms. The van der Waals surface area contributed by atoms with Crippen molar-refractivity contribution in [3.8, 4) is 5.75 Å². The zero-order chi connectivity index (χ0) is 18.8. The smallest absolute Gasteiger partial charge is 0.260 e. The van der Waals surface area contributed by atoms with Crippen LogP contribution in [0.1, 0.15) is 16.1 Å². The van der Waals surface area contributed by atoms with Crippen molar-refractivity contribution in [3.05, 3.63) is 78.0 Å². The second kappa shape index (κ2) is 7.20. The number of carbonyl (C=O) groups excluding carboxylic acids is 1. The van der Waals surface area contributed by atoms with Crippen LogP contribution in [0.25, 0.3) is 10.2 Å². The highest BCUT2D eigenvalue weighted by Gasteiger charge is 2.23. The Bertz CT molecular complexity index is 1090. The van der Waals surface area contributed by atoms with Gasteiger partial charge in [-0.15, -0.1) is 0 Å². The van der Waals surface area contributed by atoms with Crippen LogP contribution in [0, 0.1) is 5.82 Å². The van der Waals surface area contributed by atoms with Crippen LogP contribution in [0.5, 0.6) is 5.75 Å². The molecule has 7 heteroatoms. The van der Waals surface area contributed by atoms with Crippen molar-refractivity contribution in [2.24, 2.45) is 0 Å². The number of anilines is 1. The zero-order valence-corrected chi connectivity index (χ0v) is 15.2. The largest absolute Gasteiger partial charge is 0.497 e. The van der Waals surface area contributed by atoms with E-state index in [0.717, 1.165) is 10.2 Å². The van der Waals surface area contributed by atoms with Crippen molar-refractivity contribution < 1.29 is 18.3 Å². The van der Waals surface area contributed by atoms with Gasteiger partial charge >= 0.3 is 0 Å². The van der Waals surface area contributed by atoms with Crippen LogP contribution in [0.15, 0.2) is 65.3 Å². The first-order chi connectivity index (χ1) is 13.1. The van der Waals surface area contributed by atoms with Gasteiger partial charge in [0.2, 0.25) is 0 Å². The molecule has 0 saturated carbocycles. The number of benzene rings is 2. The number of amides is 1. The molecule has 0 aliphatic rings. The number of aromatic nitrogens is 1. The van der Waals surface area contributed by atoms with Crippen molar-refractivity contribution in [2.75, 3.05) is 12.0 Å². The predicted molar refractivity (Wildman–Crippen MR) is 102 cm³/mol. The molecule has 2 aromatic carbocycles. The minimum atomic E-state index is -0.465. The third kappa shape index (κ3) is 3.54. The fraction of sp³-hybridized carbons (Fsp3) is 0.100. The quantitative estimate of drug-likeness (QED) is 0.493. The molecule has 5 nitrogen and oxygen atoms in total. The van der Waals surface area contributed by atoms with Gasteiger partial charge in [-0.2, -0.15) is 0 Å². The van der Waals surface area contributed by atoms with Crippen molar-refractivity contribution in [1.82, 2.24) is 4.98 Å². The number of hydrogen-bond donors (Lipinski definition) is 0. The molecule has 0 aliphatic heterocycles. The lowest BCUT2D eigenvalue weighted by atomic mass is 10.2. The van der Waals surface area contributed by atoms with Gasteiger partial charge in [0, 0.05) is 11.6 Å². The summed E-state index contributed by atoms with van der Waals surface area (Å²) < 4.78 is 25.2. The predicted octanol–water partition coefficient (Wildman–Crippen LogP) is 4.88. The molecule has 0 N–H and O–H groups in total. The molecule has 1 amide bonds. The molecule has 0 aliphatic carbocycles. The Morgan fingerprint density at radius 1 is 1.22 bits per heavy atom. The highest BCUT2D eigenvalue weighted by molar-refractivity contribution is 7.22. The summed E-state index contributed by atoms with van der Waals surface area (Å²) in [5, 5.41) is 0.504. The van der Waals surface area contributed by atoms with Gasteiger partial charge in [0.05, 0.1) is 30.1 Å². The zero-order valence-electron chi connectivity index (χ0n) is 14.4. The standard InChI is InChI=1S/C20H15FN2O3S/c1-25-15-7-8-18-17(11-15)22-20(27-18)23(12-16-6-3-9-26-16)19(24)13-4-2-5-14(21)10-13/h2-11H,12H2,1H3. The first-order valence-electron chi connectivity index (χ1n) is 8.18. The number of halogens is 1. The second-order valence-electron chi connectivity index (χ2n) is 5.81. The molecule has 136 valence electrons. The molecule has 0 bridgehead atoms. The minimum absolute atomic E-state index is 0.194. The summed E-state index contributed by atoms with van der Waals surface area (Å²) in [6.45, 7) is 0.194. The van der Waals surface area contributed by atoms with E-state index in [4.69, 9.17) is 9.15 Å². The fourth-order valence-corrected chi connectivity index (χ4v) is 3.64. The summed E-state index contributed by atoms with van der Waals surface area (Å²) in [6, 6.07) is 14.7. The van der Waals surface area contributed by atoms with Crippen LogP contribution >= 0.6 is 11.3 Å². The Morgan fingerprint density at radius 3 is 2.85 bits per heavy atom. The minimum Gasteiger partial charge on any atom is -0.497 e. The fourth-order valence-electron chi connectivity index (χ4n) is 2.70. The van der Waals surface area contributed by atoms with Gasteiger partial charge in [-0.3, -0.25) is 9.69 Å². The van der Waals surface area contributed by atoms with E-state index in [1.165, 1.54) is 34.4 Å². The van der Waals surface area contributed by atoms with E-state index < -0.39 is 5.82 Å². The van der Waals surface area contributed by atoms with Gasteiger partial charge in [0.15, 0.2) is 5.13 Å². The Balaban J connectivity index is 1.76. The average Bonchev–Trinajstić information content (AvgIpc) is 3.34. The Hall–Kier alpha value is -3.19. The molecule has 2 heterocycles. The third-order valence-corrected chi connectivity index (χ3v) is 5.08. The van der Waals surface area contributed by atoms with Gasteiger partial charge in [0.25, 0.3) is 5.91 Å². The van der Waals surface area contributed by atoms with E-state index >= 15 is 0 Å². The van der Waals surface area contributed by atoms with Gasteiger partial charge in [-0.25, -0.2) is 9.37 Å². The number of ether oxygens (including phenoxy) is 1. The first kappa shape index (κ1) is 17.2. The van der Waals surface area contributed by atoms with Gasteiger partial charge in [0.1, 0.15) is 17.3 Å². The third-order valence-electron chi connectivity index (χ3n) is 4.03. The Kier molecular flexibility index (Phi) is 4.60. The van der Waals surface area contributed by atoms with Gasteiger partial charge < -0.3 is 9.15 Å². The van der Waals surface area contributed by atoms with E-state index in [9.17, 15) is 9.18 Å². The lowest BCUT2D eigenvalue weighted by molar-refractivity contribution is 0.0983. The van der Waals surface area contributed by atoms with Crippen LogP contribution in [0.2, 0.25) is 0 Å². The summed E-state index contributed by atoms with van der Waals surface area (Å²) in [7, 11) is 1.59. The molecule has 0 radical (unpaired) electrons. The maximum Gasteiger partial charge on any atom is 0.260 e. The molecule has 4 aromatic rings. The van der Waals surface area contributed by atoms with E-state index in [1.807, 2.05) is 18.2 Å². The lowest BCUT2D eigenvalue weighted by Gasteiger charge is -2.18. The topological polar surface area (TPSA) is 55.6 Å². The SMILES string of the molecule is COc1ccc2sc(N(Cc3ccco3)C(=O)c3cccc(F)c3)nc2c1. The molecule has 0 atom stereocenters. The number of hydrogen-bond acceptors (Lipinski definition) is 5. The van der Waals surface area contributed by atoms with Crippen molar-refractivity contribution in [3.63, 3.8) is 0 Å². The summed E-state index contributed by atoms with van der Waals surface area (Å²) >= 11 is 1.38. The van der Waals surface area contributed by atoms with Gasteiger partial charge in [-0.1, -0.05) is 17.4 Å². The van der Waals surface area contributed by atoms with Gasteiger partial charge in [-0.05, 0) is 42.5 Å². The molecule has 2 aromatic heterocycles. The van der Waals surface area contributed by atoms with Crippen molar-refractivity contribution in [2.45, 2.75) is 6.54 Å². The summed E-state index contributed by atoms with van der Waals surface area (Å²) in [6.07, 6.45) is 1.55. The first-order valence-corrected chi connectivity index (χ1v) is 9.00. The number of fused-ring (bicyclic) bond motifs is 1. The molecular formula is C20H15FN2O3S. The Morgan fingerprint density at radius 2 is 2.11 bits per heavy atom. The van der Waals surface area contributed by atoms with Crippen LogP contribution < -0.4 is 9.64 Å². The maximum atomic E-state index is 13.6. The Labute approximate surface area is 158 Å². The van der Waals surface area contributed by atoms with E-state index in [2.05, 4.69) is 4.98 Å². The van der Waals surface area contributed by atoms with E-state index in [0.29, 0.717) is 16.6 Å². The van der Waals surface area contributed by atoms with E-state index in [1.54, 1.807) is 31.6 Å². The molecular weight excluding hydrogens is 367 g/mol. The van der Waals surface area contributed by atoms with Crippen molar-refractivity contribution >= 4 is 32.6 Å². The normalized spacial score (nSPS) is 10.9.